The Bertz CT molecular complexity index is 520. The molecule has 1 unspecified atom stereocenters. The largest absolute Gasteiger partial charge is 0.398 e. The van der Waals surface area contributed by atoms with Gasteiger partial charge in [-0.1, -0.05) is 11.6 Å². The van der Waals surface area contributed by atoms with Crippen molar-refractivity contribution >= 4 is 23.2 Å². The highest BCUT2D eigenvalue weighted by Gasteiger charge is 2.31. The first kappa shape index (κ1) is 13.7. The molecule has 2 aliphatic heterocycles. The van der Waals surface area contributed by atoms with Gasteiger partial charge in [0, 0.05) is 36.4 Å². The van der Waals surface area contributed by atoms with E-state index in [1.54, 1.807) is 18.2 Å². The van der Waals surface area contributed by atoms with Gasteiger partial charge >= 0.3 is 0 Å². The van der Waals surface area contributed by atoms with Crippen LogP contribution in [0.5, 0.6) is 0 Å². The topological polar surface area (TPSA) is 49.6 Å². The van der Waals surface area contributed by atoms with Gasteiger partial charge in [0.05, 0.1) is 5.56 Å². The number of rotatable bonds is 1. The van der Waals surface area contributed by atoms with E-state index in [0.29, 0.717) is 22.3 Å². The second-order valence-electron chi connectivity index (χ2n) is 5.67. The average Bonchev–Trinajstić information content (AvgIpc) is 2.78. The maximum atomic E-state index is 12.7. The van der Waals surface area contributed by atoms with Crippen LogP contribution in [0.1, 0.15) is 29.6 Å². The number of carbonyl (C=O) groups excluding carboxylic acids is 1. The summed E-state index contributed by atoms with van der Waals surface area (Å²) in [6, 6.07) is 5.61. The summed E-state index contributed by atoms with van der Waals surface area (Å²) in [5.41, 5.74) is 6.96. The van der Waals surface area contributed by atoms with Crippen LogP contribution in [0, 0.1) is 0 Å². The summed E-state index contributed by atoms with van der Waals surface area (Å²) < 4.78 is 0. The van der Waals surface area contributed by atoms with Crippen molar-refractivity contribution in [1.29, 1.82) is 0 Å². The fourth-order valence-corrected chi connectivity index (χ4v) is 3.45. The Hall–Kier alpha value is -1.26. The molecule has 0 bridgehead atoms. The van der Waals surface area contributed by atoms with Crippen LogP contribution in [0.25, 0.3) is 0 Å². The summed E-state index contributed by atoms with van der Waals surface area (Å²) in [5.74, 6) is 0.0127. The molecule has 3 rings (SSSR count). The number of benzene rings is 1. The van der Waals surface area contributed by atoms with E-state index >= 15 is 0 Å². The lowest BCUT2D eigenvalue weighted by Crippen LogP contribution is -2.39. The fraction of sp³-hybridized carbons (Fsp3) is 0.533. The van der Waals surface area contributed by atoms with Gasteiger partial charge in [0.15, 0.2) is 0 Å². The molecule has 2 fully saturated rings. The molecule has 0 spiro atoms. The van der Waals surface area contributed by atoms with Crippen LogP contribution < -0.4 is 5.73 Å². The molecule has 2 heterocycles. The Morgan fingerprint density at radius 2 is 2.05 bits per heavy atom. The first-order chi connectivity index (χ1) is 9.65. The van der Waals surface area contributed by atoms with Crippen LogP contribution >= 0.6 is 11.6 Å². The number of nitrogen functional groups attached to an aromatic ring is 1. The van der Waals surface area contributed by atoms with Crippen molar-refractivity contribution in [2.24, 2.45) is 0 Å². The molecular formula is C15H20ClN3O. The van der Waals surface area contributed by atoms with E-state index in [4.69, 9.17) is 17.3 Å². The van der Waals surface area contributed by atoms with Crippen molar-refractivity contribution in [3.8, 4) is 0 Å². The van der Waals surface area contributed by atoms with Gasteiger partial charge in [0.25, 0.3) is 5.91 Å². The molecule has 2 aliphatic rings. The van der Waals surface area contributed by atoms with Crippen LogP contribution in [0.4, 0.5) is 5.69 Å². The average molecular weight is 294 g/mol. The van der Waals surface area contributed by atoms with Crippen LogP contribution in [0.2, 0.25) is 5.02 Å². The monoisotopic (exact) mass is 293 g/mol. The Morgan fingerprint density at radius 1 is 1.25 bits per heavy atom. The zero-order valence-electron chi connectivity index (χ0n) is 11.5. The normalized spacial score (nSPS) is 23.4. The van der Waals surface area contributed by atoms with Crippen LogP contribution in [-0.2, 0) is 0 Å². The number of hydrogen-bond donors (Lipinski definition) is 1. The van der Waals surface area contributed by atoms with Gasteiger partial charge in [-0.3, -0.25) is 9.69 Å². The molecule has 108 valence electrons. The molecule has 4 nitrogen and oxygen atoms in total. The number of nitrogens with two attached hydrogens (primary N) is 1. The summed E-state index contributed by atoms with van der Waals surface area (Å²) in [5, 5.41) is 0.555. The molecule has 0 aliphatic carbocycles. The zero-order valence-corrected chi connectivity index (χ0v) is 12.3. The van der Waals surface area contributed by atoms with E-state index < -0.39 is 0 Å². The van der Waals surface area contributed by atoms with Gasteiger partial charge in [0.2, 0.25) is 0 Å². The van der Waals surface area contributed by atoms with Crippen LogP contribution in [-0.4, -0.2) is 47.9 Å². The predicted molar refractivity (Wildman–Crippen MR) is 81.0 cm³/mol. The molecule has 1 aromatic rings. The summed E-state index contributed by atoms with van der Waals surface area (Å²) in [6.45, 7) is 3.88. The summed E-state index contributed by atoms with van der Waals surface area (Å²) in [4.78, 5) is 17.1. The molecule has 2 saturated heterocycles. The number of halogens is 1. The quantitative estimate of drug-likeness (QED) is 0.808. The molecule has 0 radical (unpaired) electrons. The summed E-state index contributed by atoms with van der Waals surface area (Å²) in [7, 11) is 0. The molecule has 1 atom stereocenters. The number of hydrogen-bond acceptors (Lipinski definition) is 3. The predicted octanol–water partition coefficient (Wildman–Crippen LogP) is 2.23. The Balaban J connectivity index is 1.80. The highest BCUT2D eigenvalue weighted by molar-refractivity contribution is 6.31. The Kier molecular flexibility index (Phi) is 3.85. The van der Waals surface area contributed by atoms with Crippen LogP contribution in [0.15, 0.2) is 18.2 Å². The number of fused-ring (bicyclic) bond motifs is 1. The standard InChI is InChI=1S/C15H20ClN3O/c16-11-4-5-14(17)13(9-11)15(20)19-8-2-7-18-6-1-3-12(18)10-19/h4-5,9,12H,1-3,6-8,10,17H2. The van der Waals surface area contributed by atoms with Crippen molar-refractivity contribution in [2.75, 3.05) is 31.9 Å². The molecule has 2 N–H and O–H groups in total. The SMILES string of the molecule is Nc1ccc(Cl)cc1C(=O)N1CCCN2CCCC2C1. The highest BCUT2D eigenvalue weighted by atomic mass is 35.5. The third kappa shape index (κ3) is 2.63. The lowest BCUT2D eigenvalue weighted by atomic mass is 10.1. The highest BCUT2D eigenvalue weighted by Crippen LogP contribution is 2.24. The van der Waals surface area contributed by atoms with Crippen molar-refractivity contribution in [1.82, 2.24) is 9.80 Å². The van der Waals surface area contributed by atoms with Crippen molar-refractivity contribution < 1.29 is 4.79 Å². The molecule has 20 heavy (non-hydrogen) atoms. The van der Waals surface area contributed by atoms with E-state index in [9.17, 15) is 4.79 Å². The molecule has 0 saturated carbocycles. The van der Waals surface area contributed by atoms with Gasteiger partial charge in [0.1, 0.15) is 0 Å². The first-order valence-electron chi connectivity index (χ1n) is 7.23. The van der Waals surface area contributed by atoms with E-state index in [1.165, 1.54) is 19.4 Å². The number of nitrogens with zero attached hydrogens (tertiary/aromatic N) is 2. The van der Waals surface area contributed by atoms with E-state index in [0.717, 1.165) is 26.1 Å². The minimum Gasteiger partial charge on any atom is -0.398 e. The lowest BCUT2D eigenvalue weighted by Gasteiger charge is -2.26. The molecular weight excluding hydrogens is 274 g/mol. The maximum absolute atomic E-state index is 12.7. The van der Waals surface area contributed by atoms with Crippen LogP contribution in [0.3, 0.4) is 0 Å². The van der Waals surface area contributed by atoms with Gasteiger partial charge in [-0.25, -0.2) is 0 Å². The van der Waals surface area contributed by atoms with Gasteiger partial charge in [-0.05, 0) is 44.0 Å². The minimum atomic E-state index is 0.0127. The van der Waals surface area contributed by atoms with Crippen molar-refractivity contribution in [2.45, 2.75) is 25.3 Å². The molecule has 0 aromatic heterocycles. The smallest absolute Gasteiger partial charge is 0.256 e. The Morgan fingerprint density at radius 3 is 2.90 bits per heavy atom. The van der Waals surface area contributed by atoms with E-state index in [1.807, 2.05) is 4.90 Å². The van der Waals surface area contributed by atoms with E-state index in [2.05, 4.69) is 4.90 Å². The molecule has 1 aromatic carbocycles. The Labute approximate surface area is 124 Å². The summed E-state index contributed by atoms with van der Waals surface area (Å²) in [6.07, 6.45) is 3.46. The fourth-order valence-electron chi connectivity index (χ4n) is 3.28. The zero-order chi connectivity index (χ0) is 14.1. The number of carbonyl (C=O) groups is 1. The molecule has 5 heteroatoms. The molecule has 1 amide bonds. The second kappa shape index (κ2) is 5.62. The van der Waals surface area contributed by atoms with Crippen molar-refractivity contribution in [3.05, 3.63) is 28.8 Å². The minimum absolute atomic E-state index is 0.0127. The first-order valence-corrected chi connectivity index (χ1v) is 7.61. The number of amides is 1. The van der Waals surface area contributed by atoms with Gasteiger partial charge in [-0.15, -0.1) is 0 Å². The third-order valence-electron chi connectivity index (χ3n) is 4.34. The van der Waals surface area contributed by atoms with Gasteiger partial charge in [-0.2, -0.15) is 0 Å². The van der Waals surface area contributed by atoms with Gasteiger partial charge < -0.3 is 10.6 Å². The van der Waals surface area contributed by atoms with Crippen molar-refractivity contribution in [3.63, 3.8) is 0 Å². The number of anilines is 1. The summed E-state index contributed by atoms with van der Waals surface area (Å²) >= 11 is 5.99. The second-order valence-corrected chi connectivity index (χ2v) is 6.10. The maximum Gasteiger partial charge on any atom is 0.256 e. The lowest BCUT2D eigenvalue weighted by molar-refractivity contribution is 0.0744. The third-order valence-corrected chi connectivity index (χ3v) is 4.57. The van der Waals surface area contributed by atoms with E-state index in [-0.39, 0.29) is 5.91 Å².